The van der Waals surface area contributed by atoms with E-state index in [4.69, 9.17) is 0 Å². The molecule has 0 saturated carbocycles. The Hall–Kier alpha value is -2.12. The van der Waals surface area contributed by atoms with Gasteiger partial charge in [0.25, 0.3) is 5.79 Å². The van der Waals surface area contributed by atoms with Gasteiger partial charge in [0.05, 0.1) is 0 Å². The molecule has 0 heterocycles. The van der Waals surface area contributed by atoms with E-state index in [-0.39, 0.29) is 6.42 Å². The Labute approximate surface area is 92.5 Å². The molecule has 6 nitrogen and oxygen atoms in total. The maximum atomic E-state index is 10.2. The minimum absolute atomic E-state index is 0.0553. The van der Waals surface area contributed by atoms with Crippen LogP contribution in [0.3, 0.4) is 0 Å². The molecule has 0 rings (SSSR count). The zero-order valence-corrected chi connectivity index (χ0v) is 9.06. The van der Waals surface area contributed by atoms with Crippen LogP contribution in [0, 0.1) is 0 Å². The summed E-state index contributed by atoms with van der Waals surface area (Å²) in [5.74, 6) is -1.79. The number of isocyanates is 3. The topological polar surface area (TPSA) is 88.3 Å². The van der Waals surface area contributed by atoms with Crippen molar-refractivity contribution in [2.24, 2.45) is 15.0 Å². The molecule has 0 fully saturated rings. The maximum absolute atomic E-state index is 10.2. The number of carbonyl (C=O) groups excluding carboxylic acids is 3. The molecule has 16 heavy (non-hydrogen) atoms. The van der Waals surface area contributed by atoms with Crippen LogP contribution >= 0.6 is 0 Å². The van der Waals surface area contributed by atoms with E-state index in [2.05, 4.69) is 15.0 Å². The molecular formula is C10H11N3O3. The second kappa shape index (κ2) is 7.21. The molecule has 0 aromatic rings. The van der Waals surface area contributed by atoms with Crippen molar-refractivity contribution in [2.45, 2.75) is 32.5 Å². The first-order chi connectivity index (χ1) is 7.67. The normalized spacial score (nSPS) is 13.8. The van der Waals surface area contributed by atoms with Crippen molar-refractivity contribution >= 4 is 18.2 Å². The Bertz CT molecular complexity index is 363. The van der Waals surface area contributed by atoms with Gasteiger partial charge in [-0.2, -0.15) is 0 Å². The first-order valence-electron chi connectivity index (χ1n) is 4.59. The summed E-state index contributed by atoms with van der Waals surface area (Å²) in [5.41, 5.74) is 0.844. The van der Waals surface area contributed by atoms with Gasteiger partial charge in [0.15, 0.2) is 0 Å². The molecule has 0 aromatic carbocycles. The van der Waals surface area contributed by atoms with E-state index in [1.165, 1.54) is 18.2 Å². The third kappa shape index (κ3) is 3.95. The summed E-state index contributed by atoms with van der Waals surface area (Å²) >= 11 is 0. The van der Waals surface area contributed by atoms with Crippen molar-refractivity contribution in [2.75, 3.05) is 0 Å². The minimum Gasteiger partial charge on any atom is -0.211 e. The maximum Gasteiger partial charge on any atom is 0.281 e. The van der Waals surface area contributed by atoms with E-state index in [1.54, 1.807) is 13.0 Å². The molecular weight excluding hydrogens is 210 g/mol. The number of rotatable bonds is 6. The SMILES string of the molecule is CC=C(CC)CC(N=C=O)(N=C=O)N=C=O. The Morgan fingerprint density at radius 2 is 1.56 bits per heavy atom. The fourth-order valence-corrected chi connectivity index (χ4v) is 1.15. The zero-order valence-electron chi connectivity index (χ0n) is 9.06. The van der Waals surface area contributed by atoms with Crippen LogP contribution in [0.4, 0.5) is 0 Å². The molecule has 84 valence electrons. The molecule has 0 aliphatic rings. The number of allylic oxidation sites excluding steroid dienone is 1. The number of hydrogen-bond donors (Lipinski definition) is 0. The molecule has 0 aliphatic heterocycles. The summed E-state index contributed by atoms with van der Waals surface area (Å²) in [7, 11) is 0. The van der Waals surface area contributed by atoms with Crippen molar-refractivity contribution in [1.82, 2.24) is 0 Å². The average Bonchev–Trinajstić information content (AvgIpc) is 2.27. The van der Waals surface area contributed by atoms with E-state index in [0.717, 1.165) is 5.57 Å². The van der Waals surface area contributed by atoms with Gasteiger partial charge < -0.3 is 0 Å². The number of aliphatic imine (C=N–C) groups is 3. The number of nitrogens with zero attached hydrogens (tertiary/aromatic N) is 3. The molecule has 0 N–H and O–H groups in total. The van der Waals surface area contributed by atoms with Crippen LogP contribution in [-0.2, 0) is 14.4 Å². The van der Waals surface area contributed by atoms with Crippen molar-refractivity contribution in [3.05, 3.63) is 11.6 Å². The van der Waals surface area contributed by atoms with Crippen LogP contribution in [0.5, 0.6) is 0 Å². The average molecular weight is 221 g/mol. The van der Waals surface area contributed by atoms with Gasteiger partial charge in [0.2, 0.25) is 18.2 Å². The van der Waals surface area contributed by atoms with E-state index >= 15 is 0 Å². The van der Waals surface area contributed by atoms with E-state index in [1.807, 2.05) is 6.92 Å². The lowest BCUT2D eigenvalue weighted by Gasteiger charge is -2.16. The van der Waals surface area contributed by atoms with Crippen LogP contribution in [0.2, 0.25) is 0 Å². The summed E-state index contributed by atoms with van der Waals surface area (Å²) in [5, 5.41) is 0. The summed E-state index contributed by atoms with van der Waals surface area (Å²) in [6.07, 6.45) is 6.19. The lowest BCUT2D eigenvalue weighted by atomic mass is 10.1. The molecule has 0 radical (unpaired) electrons. The van der Waals surface area contributed by atoms with Crippen LogP contribution in [0.15, 0.2) is 26.6 Å². The predicted molar refractivity (Wildman–Crippen MR) is 55.8 cm³/mol. The Balaban J connectivity index is 5.42. The quantitative estimate of drug-likeness (QED) is 0.385. The van der Waals surface area contributed by atoms with Crippen LogP contribution in [0.1, 0.15) is 26.7 Å². The van der Waals surface area contributed by atoms with E-state index in [0.29, 0.717) is 6.42 Å². The van der Waals surface area contributed by atoms with Gasteiger partial charge in [-0.05, 0) is 13.3 Å². The molecule has 6 heteroatoms. The Morgan fingerprint density at radius 3 is 1.81 bits per heavy atom. The smallest absolute Gasteiger partial charge is 0.211 e. The summed E-state index contributed by atoms with van der Waals surface area (Å²) in [6.45, 7) is 3.66. The number of hydrogen-bond acceptors (Lipinski definition) is 6. The van der Waals surface area contributed by atoms with E-state index < -0.39 is 5.79 Å². The third-order valence-electron chi connectivity index (χ3n) is 2.00. The lowest BCUT2D eigenvalue weighted by molar-refractivity contribution is 0.442. The first kappa shape index (κ1) is 13.9. The molecule has 0 spiro atoms. The van der Waals surface area contributed by atoms with Gasteiger partial charge in [-0.1, -0.05) is 18.6 Å². The van der Waals surface area contributed by atoms with Gasteiger partial charge >= 0.3 is 0 Å². The molecule has 0 amide bonds. The fourth-order valence-electron chi connectivity index (χ4n) is 1.15. The van der Waals surface area contributed by atoms with E-state index in [9.17, 15) is 14.4 Å². The van der Waals surface area contributed by atoms with Gasteiger partial charge in [-0.15, -0.1) is 15.0 Å². The molecule has 0 saturated heterocycles. The summed E-state index contributed by atoms with van der Waals surface area (Å²) in [6, 6.07) is 0. The summed E-state index contributed by atoms with van der Waals surface area (Å²) < 4.78 is 0. The highest BCUT2D eigenvalue weighted by Gasteiger charge is 2.29. The predicted octanol–water partition coefficient (Wildman–Crippen LogP) is 1.39. The summed E-state index contributed by atoms with van der Waals surface area (Å²) in [4.78, 5) is 40.5. The minimum atomic E-state index is -1.79. The largest absolute Gasteiger partial charge is 0.281 e. The Kier molecular flexibility index (Phi) is 6.25. The molecule has 0 aliphatic carbocycles. The zero-order chi connectivity index (χ0) is 12.4. The highest BCUT2D eigenvalue weighted by Crippen LogP contribution is 2.25. The van der Waals surface area contributed by atoms with Crippen LogP contribution < -0.4 is 0 Å². The van der Waals surface area contributed by atoms with Gasteiger partial charge in [-0.25, -0.2) is 14.4 Å². The molecule has 0 aromatic heterocycles. The second-order valence-electron chi connectivity index (χ2n) is 2.86. The highest BCUT2D eigenvalue weighted by molar-refractivity contribution is 5.43. The fraction of sp³-hybridized carbons (Fsp3) is 0.500. The van der Waals surface area contributed by atoms with Gasteiger partial charge in [0, 0.05) is 6.42 Å². The molecule has 0 atom stereocenters. The van der Waals surface area contributed by atoms with Crippen molar-refractivity contribution in [3.63, 3.8) is 0 Å². The molecule has 0 unspecified atom stereocenters. The second-order valence-corrected chi connectivity index (χ2v) is 2.86. The van der Waals surface area contributed by atoms with Crippen LogP contribution in [0.25, 0.3) is 0 Å². The van der Waals surface area contributed by atoms with Gasteiger partial charge in [0.1, 0.15) is 0 Å². The van der Waals surface area contributed by atoms with Crippen LogP contribution in [-0.4, -0.2) is 24.0 Å². The third-order valence-corrected chi connectivity index (χ3v) is 2.00. The van der Waals surface area contributed by atoms with Crippen molar-refractivity contribution in [1.29, 1.82) is 0 Å². The van der Waals surface area contributed by atoms with Gasteiger partial charge in [-0.3, -0.25) is 0 Å². The highest BCUT2D eigenvalue weighted by atomic mass is 16.1. The molecule has 0 bridgehead atoms. The first-order valence-corrected chi connectivity index (χ1v) is 4.59. The van der Waals surface area contributed by atoms with Crippen molar-refractivity contribution < 1.29 is 14.4 Å². The Morgan fingerprint density at radius 1 is 1.12 bits per heavy atom. The monoisotopic (exact) mass is 221 g/mol. The van der Waals surface area contributed by atoms with Crippen molar-refractivity contribution in [3.8, 4) is 0 Å². The lowest BCUT2D eigenvalue weighted by Crippen LogP contribution is -2.21. The standard InChI is InChI=1S/C10H11N3O3/c1-3-9(4-2)5-10(11-6-14,12-7-15)13-8-16/h3H,4-5H2,1-2H3.